The van der Waals surface area contributed by atoms with Crippen molar-refractivity contribution in [1.29, 1.82) is 0 Å². The molecule has 4 aromatic rings. The number of rotatable bonds is 4. The first-order chi connectivity index (χ1) is 14.3. The molecule has 4 aromatic heterocycles. The van der Waals surface area contributed by atoms with Gasteiger partial charge in [-0.3, -0.25) is 4.79 Å². The number of H-pyrrole nitrogens is 1. The van der Waals surface area contributed by atoms with Gasteiger partial charge in [0.05, 0.1) is 20.8 Å². The van der Waals surface area contributed by atoms with Gasteiger partial charge < -0.3 is 14.8 Å². The molecule has 0 spiro atoms. The molecule has 1 amide bonds. The van der Waals surface area contributed by atoms with Gasteiger partial charge in [-0.05, 0) is 50.2 Å². The monoisotopic (exact) mass is 422 g/mol. The molecule has 30 heavy (non-hydrogen) atoms. The van der Waals surface area contributed by atoms with Gasteiger partial charge in [0, 0.05) is 30.9 Å². The van der Waals surface area contributed by atoms with Crippen molar-refractivity contribution in [3.8, 4) is 11.3 Å². The summed E-state index contributed by atoms with van der Waals surface area (Å²) in [5, 5.41) is 4.31. The van der Waals surface area contributed by atoms with Crippen molar-refractivity contribution in [2.24, 2.45) is 0 Å². The van der Waals surface area contributed by atoms with Gasteiger partial charge in [-0.15, -0.1) is 11.3 Å². The van der Waals surface area contributed by atoms with Crippen molar-refractivity contribution < 1.29 is 4.79 Å². The van der Waals surface area contributed by atoms with Crippen LogP contribution in [0.3, 0.4) is 0 Å². The molecule has 5 rings (SSSR count). The molecule has 1 saturated heterocycles. The Hall–Kier alpha value is -2.71. The van der Waals surface area contributed by atoms with Crippen LogP contribution in [0, 0.1) is 6.92 Å². The van der Waals surface area contributed by atoms with E-state index in [9.17, 15) is 4.79 Å². The Labute approximate surface area is 179 Å². The van der Waals surface area contributed by atoms with Crippen LogP contribution < -0.4 is 0 Å². The number of amides is 1. The third-order valence-electron chi connectivity index (χ3n) is 6.02. The fourth-order valence-electron chi connectivity index (χ4n) is 4.22. The molecule has 0 radical (unpaired) electrons. The Bertz CT molecular complexity index is 1260. The molecule has 5 heterocycles. The Morgan fingerprint density at radius 3 is 2.77 bits per heavy atom. The van der Waals surface area contributed by atoms with Crippen LogP contribution in [0.2, 0.25) is 0 Å². The fourth-order valence-corrected chi connectivity index (χ4v) is 5.50. The van der Waals surface area contributed by atoms with Gasteiger partial charge in [-0.1, -0.05) is 13.8 Å². The second-order valence-corrected chi connectivity index (χ2v) is 9.74. The second kappa shape index (κ2) is 6.92. The largest absolute Gasteiger partial charge is 0.354 e. The minimum Gasteiger partial charge on any atom is -0.354 e. The van der Waals surface area contributed by atoms with Gasteiger partial charge >= 0.3 is 0 Å². The summed E-state index contributed by atoms with van der Waals surface area (Å²) in [7, 11) is 4.13. The molecule has 1 aliphatic rings. The molecule has 8 heteroatoms. The minimum absolute atomic E-state index is 0.138. The van der Waals surface area contributed by atoms with Gasteiger partial charge in [-0.25, -0.2) is 9.50 Å². The normalized spacial score (nSPS) is 15.1. The van der Waals surface area contributed by atoms with E-state index in [0.717, 1.165) is 46.0 Å². The number of carbonyl (C=O) groups is 1. The van der Waals surface area contributed by atoms with E-state index in [1.54, 1.807) is 17.7 Å². The first kappa shape index (κ1) is 19.3. The number of aryl methyl sites for hydroxylation is 1. The number of hydrogen-bond acceptors (Lipinski definition) is 5. The molecule has 0 atom stereocenters. The van der Waals surface area contributed by atoms with Crippen LogP contribution >= 0.6 is 11.3 Å². The molecule has 0 unspecified atom stereocenters. The number of aromatic amines is 1. The zero-order valence-electron chi connectivity index (χ0n) is 17.9. The van der Waals surface area contributed by atoms with E-state index in [1.807, 2.05) is 21.7 Å². The van der Waals surface area contributed by atoms with E-state index in [2.05, 4.69) is 60.9 Å². The maximum atomic E-state index is 12.9. The highest BCUT2D eigenvalue weighted by Crippen LogP contribution is 2.40. The molecular weight excluding hydrogens is 396 g/mol. The third-order valence-corrected chi connectivity index (χ3v) is 7.18. The van der Waals surface area contributed by atoms with Crippen LogP contribution in [0.5, 0.6) is 0 Å². The van der Waals surface area contributed by atoms with E-state index in [-0.39, 0.29) is 5.91 Å². The summed E-state index contributed by atoms with van der Waals surface area (Å²) in [5.41, 5.74) is 6.42. The lowest BCUT2D eigenvalue weighted by atomic mass is 9.99. The van der Waals surface area contributed by atoms with Crippen LogP contribution in [0.4, 0.5) is 0 Å². The number of nitrogens with one attached hydrogen (secondary N) is 1. The second-order valence-electron chi connectivity index (χ2n) is 8.69. The summed E-state index contributed by atoms with van der Waals surface area (Å²) in [5.74, 6) is 0.461. The highest BCUT2D eigenvalue weighted by atomic mass is 32.1. The standard InChI is InChI=1S/C22H26N6OS/c1-12(2)18-19(14-6-13(3)21-23-11-24-28(21)8-14)25-16-7-17(30-20(16)18)22(29)27-9-15(10-27)26(4)5/h6-8,11-12,15,25H,9-10H2,1-5H3. The Morgan fingerprint density at radius 2 is 2.07 bits per heavy atom. The highest BCUT2D eigenvalue weighted by molar-refractivity contribution is 7.21. The SMILES string of the molecule is Cc1cc(-c2[nH]c3cc(C(=O)N4CC(N(C)C)C4)sc3c2C(C)C)cn2ncnc12. The quantitative estimate of drug-likeness (QED) is 0.544. The minimum atomic E-state index is 0.138. The van der Waals surface area contributed by atoms with Gasteiger partial charge in [0.15, 0.2) is 5.65 Å². The smallest absolute Gasteiger partial charge is 0.264 e. The van der Waals surface area contributed by atoms with E-state index < -0.39 is 0 Å². The van der Waals surface area contributed by atoms with Gasteiger partial charge in [0.25, 0.3) is 5.91 Å². The number of pyridine rings is 1. The fraction of sp³-hybridized carbons (Fsp3) is 0.409. The number of likely N-dealkylation sites (tertiary alicyclic amines) is 1. The molecule has 1 N–H and O–H groups in total. The average Bonchev–Trinajstić information content (AvgIpc) is 3.33. The highest BCUT2D eigenvalue weighted by Gasteiger charge is 2.33. The average molecular weight is 423 g/mol. The third kappa shape index (κ3) is 2.94. The lowest BCUT2D eigenvalue weighted by Gasteiger charge is -2.42. The maximum absolute atomic E-state index is 12.9. The molecule has 0 aromatic carbocycles. The molecule has 156 valence electrons. The number of thiophene rings is 1. The van der Waals surface area contributed by atoms with E-state index in [4.69, 9.17) is 0 Å². The van der Waals surface area contributed by atoms with Gasteiger partial charge in [0.2, 0.25) is 0 Å². The molecular formula is C22H26N6OS. The summed E-state index contributed by atoms with van der Waals surface area (Å²) in [6.45, 7) is 8.06. The molecule has 0 aliphatic carbocycles. The van der Waals surface area contributed by atoms with Crippen molar-refractivity contribution in [3.63, 3.8) is 0 Å². The molecule has 0 saturated carbocycles. The summed E-state index contributed by atoms with van der Waals surface area (Å²) >= 11 is 1.60. The molecule has 0 bridgehead atoms. The summed E-state index contributed by atoms with van der Waals surface area (Å²) in [6, 6.07) is 4.63. The number of carbonyl (C=O) groups excluding carboxylic acids is 1. The van der Waals surface area contributed by atoms with Crippen LogP contribution in [0.1, 0.15) is 40.6 Å². The lowest BCUT2D eigenvalue weighted by molar-refractivity contribution is 0.0404. The number of hydrogen-bond donors (Lipinski definition) is 1. The summed E-state index contributed by atoms with van der Waals surface area (Å²) in [6.07, 6.45) is 3.60. The van der Waals surface area contributed by atoms with Crippen molar-refractivity contribution in [1.82, 2.24) is 29.4 Å². The van der Waals surface area contributed by atoms with Crippen LogP contribution in [0.25, 0.3) is 27.1 Å². The summed E-state index contributed by atoms with van der Waals surface area (Å²) < 4.78 is 2.99. The van der Waals surface area contributed by atoms with E-state index in [0.29, 0.717) is 12.0 Å². The van der Waals surface area contributed by atoms with Crippen LogP contribution in [0.15, 0.2) is 24.7 Å². The topological polar surface area (TPSA) is 69.5 Å². The summed E-state index contributed by atoms with van der Waals surface area (Å²) in [4.78, 5) is 25.8. The maximum Gasteiger partial charge on any atom is 0.264 e. The van der Waals surface area contributed by atoms with Gasteiger partial charge in [0.1, 0.15) is 6.33 Å². The number of fused-ring (bicyclic) bond motifs is 2. The van der Waals surface area contributed by atoms with Crippen molar-refractivity contribution in [2.45, 2.75) is 32.7 Å². The molecule has 1 fully saturated rings. The van der Waals surface area contributed by atoms with E-state index in [1.165, 1.54) is 10.3 Å². The Balaban J connectivity index is 1.54. The predicted molar refractivity (Wildman–Crippen MR) is 120 cm³/mol. The number of aromatic nitrogens is 4. The van der Waals surface area contributed by atoms with Crippen LogP contribution in [-0.2, 0) is 0 Å². The molecule has 7 nitrogen and oxygen atoms in total. The number of likely N-dealkylation sites (N-methyl/N-ethyl adjacent to an activating group) is 1. The van der Waals surface area contributed by atoms with Crippen LogP contribution in [-0.4, -0.2) is 68.5 Å². The van der Waals surface area contributed by atoms with Gasteiger partial charge in [-0.2, -0.15) is 5.10 Å². The van der Waals surface area contributed by atoms with Crippen molar-refractivity contribution >= 4 is 33.1 Å². The zero-order valence-corrected chi connectivity index (χ0v) is 18.7. The van der Waals surface area contributed by atoms with Crippen molar-refractivity contribution in [2.75, 3.05) is 27.2 Å². The Kier molecular flexibility index (Phi) is 4.44. The first-order valence-electron chi connectivity index (χ1n) is 10.2. The first-order valence-corrected chi connectivity index (χ1v) is 11.1. The predicted octanol–water partition coefficient (Wildman–Crippen LogP) is 3.76. The molecule has 1 aliphatic heterocycles. The Morgan fingerprint density at radius 1 is 1.30 bits per heavy atom. The van der Waals surface area contributed by atoms with E-state index >= 15 is 0 Å². The lowest BCUT2D eigenvalue weighted by Crippen LogP contribution is -2.59. The zero-order chi connectivity index (χ0) is 21.2. The number of nitrogens with zero attached hydrogens (tertiary/aromatic N) is 5. The van der Waals surface area contributed by atoms with Crippen molar-refractivity contribution in [3.05, 3.63) is 40.7 Å².